The van der Waals surface area contributed by atoms with Crippen LogP contribution < -0.4 is 5.32 Å². The summed E-state index contributed by atoms with van der Waals surface area (Å²) >= 11 is 3.49. The first kappa shape index (κ1) is 16.5. The Labute approximate surface area is 126 Å². The van der Waals surface area contributed by atoms with Gasteiger partial charge >= 0.3 is 0 Å². The number of nitrogens with one attached hydrogen (secondary N) is 1. The molecule has 0 saturated heterocycles. The SMILES string of the molecule is C=C(C(C)C)[C@H](CNC(C)(C)C)c1ccc(Br)cc1. The molecule has 0 unspecified atom stereocenters. The fourth-order valence-corrected chi connectivity index (χ4v) is 2.23. The van der Waals surface area contributed by atoms with Gasteiger partial charge in [-0.05, 0) is 44.4 Å². The van der Waals surface area contributed by atoms with Crippen molar-refractivity contribution < 1.29 is 0 Å². The third-order valence-electron chi connectivity index (χ3n) is 3.30. The van der Waals surface area contributed by atoms with E-state index in [9.17, 15) is 0 Å². The van der Waals surface area contributed by atoms with Gasteiger partial charge in [-0.25, -0.2) is 0 Å². The molecule has 0 fully saturated rings. The van der Waals surface area contributed by atoms with Gasteiger partial charge in [-0.15, -0.1) is 0 Å². The minimum Gasteiger partial charge on any atom is -0.311 e. The second kappa shape index (κ2) is 6.71. The third-order valence-corrected chi connectivity index (χ3v) is 3.83. The van der Waals surface area contributed by atoms with Crippen molar-refractivity contribution in [1.82, 2.24) is 5.32 Å². The van der Waals surface area contributed by atoms with Crippen LogP contribution in [0.25, 0.3) is 0 Å². The average Bonchev–Trinajstić information content (AvgIpc) is 2.29. The molecule has 106 valence electrons. The van der Waals surface area contributed by atoms with E-state index in [2.05, 4.69) is 86.7 Å². The second-order valence-electron chi connectivity index (χ2n) is 6.46. The molecular weight excluding hydrogens is 298 g/mol. The smallest absolute Gasteiger partial charge is 0.0175 e. The predicted octanol–water partition coefficient (Wildman–Crippen LogP) is 5.13. The Morgan fingerprint density at radius 3 is 2.16 bits per heavy atom. The lowest BCUT2D eigenvalue weighted by Gasteiger charge is -2.28. The molecule has 0 radical (unpaired) electrons. The average molecular weight is 324 g/mol. The molecule has 0 saturated carbocycles. The quantitative estimate of drug-likeness (QED) is 0.740. The number of hydrogen-bond acceptors (Lipinski definition) is 1. The topological polar surface area (TPSA) is 12.0 Å². The van der Waals surface area contributed by atoms with Crippen molar-refractivity contribution >= 4 is 15.9 Å². The van der Waals surface area contributed by atoms with E-state index in [4.69, 9.17) is 0 Å². The predicted molar refractivity (Wildman–Crippen MR) is 88.6 cm³/mol. The fraction of sp³-hybridized carbons (Fsp3) is 0.529. The van der Waals surface area contributed by atoms with Crippen LogP contribution in [0.3, 0.4) is 0 Å². The first-order chi connectivity index (χ1) is 8.70. The molecule has 19 heavy (non-hydrogen) atoms. The van der Waals surface area contributed by atoms with Crippen molar-refractivity contribution in [3.05, 3.63) is 46.5 Å². The van der Waals surface area contributed by atoms with Crippen LogP contribution in [0.2, 0.25) is 0 Å². The maximum absolute atomic E-state index is 4.30. The van der Waals surface area contributed by atoms with Gasteiger partial charge in [0.2, 0.25) is 0 Å². The van der Waals surface area contributed by atoms with Gasteiger partial charge in [-0.2, -0.15) is 0 Å². The fourth-order valence-electron chi connectivity index (χ4n) is 1.97. The monoisotopic (exact) mass is 323 g/mol. The van der Waals surface area contributed by atoms with Gasteiger partial charge in [0.15, 0.2) is 0 Å². The summed E-state index contributed by atoms with van der Waals surface area (Å²) in [7, 11) is 0. The summed E-state index contributed by atoms with van der Waals surface area (Å²) in [6.45, 7) is 16.3. The van der Waals surface area contributed by atoms with Crippen molar-refractivity contribution in [2.24, 2.45) is 5.92 Å². The molecule has 2 heteroatoms. The minimum atomic E-state index is 0.130. The maximum atomic E-state index is 4.30. The van der Waals surface area contributed by atoms with Crippen LogP contribution in [0.4, 0.5) is 0 Å². The summed E-state index contributed by atoms with van der Waals surface area (Å²) in [5.74, 6) is 0.864. The van der Waals surface area contributed by atoms with Gasteiger partial charge in [0, 0.05) is 22.5 Å². The van der Waals surface area contributed by atoms with E-state index in [1.54, 1.807) is 0 Å². The zero-order valence-electron chi connectivity index (χ0n) is 12.8. The second-order valence-corrected chi connectivity index (χ2v) is 7.38. The van der Waals surface area contributed by atoms with E-state index in [1.165, 1.54) is 11.1 Å². The van der Waals surface area contributed by atoms with Gasteiger partial charge in [0.05, 0.1) is 0 Å². The molecule has 1 atom stereocenters. The van der Waals surface area contributed by atoms with Crippen molar-refractivity contribution in [3.63, 3.8) is 0 Å². The number of benzene rings is 1. The molecule has 1 rings (SSSR count). The highest BCUT2D eigenvalue weighted by molar-refractivity contribution is 9.10. The molecule has 1 nitrogen and oxygen atoms in total. The Bertz CT molecular complexity index is 412. The lowest BCUT2D eigenvalue weighted by molar-refractivity contribution is 0.411. The van der Waals surface area contributed by atoms with Crippen LogP contribution >= 0.6 is 15.9 Å². The summed E-state index contributed by atoms with van der Waals surface area (Å²) in [6, 6.07) is 8.58. The van der Waals surface area contributed by atoms with Gasteiger partial charge in [-0.3, -0.25) is 0 Å². The molecule has 0 heterocycles. The van der Waals surface area contributed by atoms with Crippen LogP contribution in [-0.4, -0.2) is 12.1 Å². The van der Waals surface area contributed by atoms with E-state index < -0.39 is 0 Å². The Kier molecular flexibility index (Phi) is 5.82. The van der Waals surface area contributed by atoms with Crippen LogP contribution in [0.1, 0.15) is 46.1 Å². The summed E-state index contributed by atoms with van der Waals surface area (Å²) in [5.41, 5.74) is 2.75. The Balaban J connectivity index is 2.92. The number of hydrogen-bond donors (Lipinski definition) is 1. The zero-order chi connectivity index (χ0) is 14.6. The van der Waals surface area contributed by atoms with Gasteiger partial charge in [-0.1, -0.05) is 54.1 Å². The van der Waals surface area contributed by atoms with Crippen LogP contribution in [-0.2, 0) is 0 Å². The minimum absolute atomic E-state index is 0.130. The summed E-state index contributed by atoms with van der Waals surface area (Å²) in [4.78, 5) is 0. The number of halogens is 1. The molecule has 0 aliphatic carbocycles. The molecule has 0 bridgehead atoms. The molecule has 0 spiro atoms. The van der Waals surface area contributed by atoms with E-state index >= 15 is 0 Å². The van der Waals surface area contributed by atoms with E-state index in [1.807, 2.05) is 0 Å². The van der Waals surface area contributed by atoms with E-state index in [-0.39, 0.29) is 5.54 Å². The zero-order valence-corrected chi connectivity index (χ0v) is 14.3. The van der Waals surface area contributed by atoms with E-state index in [0.717, 1.165) is 11.0 Å². The highest BCUT2D eigenvalue weighted by Crippen LogP contribution is 2.29. The van der Waals surface area contributed by atoms with Crippen molar-refractivity contribution in [2.45, 2.75) is 46.1 Å². The van der Waals surface area contributed by atoms with Gasteiger partial charge in [0.1, 0.15) is 0 Å². The van der Waals surface area contributed by atoms with Crippen molar-refractivity contribution in [1.29, 1.82) is 0 Å². The first-order valence-corrected chi connectivity index (χ1v) is 7.69. The highest BCUT2D eigenvalue weighted by atomic mass is 79.9. The van der Waals surface area contributed by atoms with Crippen molar-refractivity contribution in [2.75, 3.05) is 6.54 Å². The first-order valence-electron chi connectivity index (χ1n) is 6.90. The largest absolute Gasteiger partial charge is 0.311 e. The molecule has 1 N–H and O–H groups in total. The Morgan fingerprint density at radius 1 is 1.21 bits per heavy atom. The Morgan fingerprint density at radius 2 is 1.74 bits per heavy atom. The van der Waals surface area contributed by atoms with Gasteiger partial charge in [0.25, 0.3) is 0 Å². The summed E-state index contributed by atoms with van der Waals surface area (Å²) in [5, 5.41) is 3.60. The molecular formula is C17H26BrN. The summed E-state index contributed by atoms with van der Waals surface area (Å²) in [6.07, 6.45) is 0. The number of rotatable bonds is 5. The molecule has 0 aliphatic rings. The highest BCUT2D eigenvalue weighted by Gasteiger charge is 2.20. The normalized spacial score (nSPS) is 13.6. The molecule has 0 amide bonds. The maximum Gasteiger partial charge on any atom is 0.0175 e. The van der Waals surface area contributed by atoms with Crippen molar-refractivity contribution in [3.8, 4) is 0 Å². The van der Waals surface area contributed by atoms with E-state index in [0.29, 0.717) is 11.8 Å². The van der Waals surface area contributed by atoms with Gasteiger partial charge < -0.3 is 5.32 Å². The Hall–Kier alpha value is -0.600. The molecule has 1 aromatic rings. The molecule has 0 aromatic heterocycles. The molecule has 0 aliphatic heterocycles. The lowest BCUT2D eigenvalue weighted by Crippen LogP contribution is -2.39. The lowest BCUT2D eigenvalue weighted by atomic mass is 9.85. The standard InChI is InChI=1S/C17H26BrN/c1-12(2)13(3)16(11-19-17(4,5)6)14-7-9-15(18)10-8-14/h7-10,12,16,19H,3,11H2,1-2,4-6H3/t16-/m0/s1. The van der Waals surface area contributed by atoms with Crippen LogP contribution in [0.5, 0.6) is 0 Å². The third kappa shape index (κ3) is 5.50. The van der Waals surface area contributed by atoms with Crippen LogP contribution in [0, 0.1) is 5.92 Å². The van der Waals surface area contributed by atoms with Crippen LogP contribution in [0.15, 0.2) is 40.9 Å². The molecule has 1 aromatic carbocycles. The summed E-state index contributed by atoms with van der Waals surface area (Å²) < 4.78 is 1.12.